The molecule has 31 heavy (non-hydrogen) atoms. The van der Waals surface area contributed by atoms with Crippen molar-refractivity contribution < 1.29 is 13.9 Å². The van der Waals surface area contributed by atoms with Crippen molar-refractivity contribution in [2.75, 3.05) is 5.32 Å². The number of amides is 1. The fourth-order valence-corrected chi connectivity index (χ4v) is 3.70. The first-order valence-electron chi connectivity index (χ1n) is 9.64. The number of hydrogen-bond acceptors (Lipinski definition) is 6. The predicted molar refractivity (Wildman–Crippen MR) is 123 cm³/mol. The Morgan fingerprint density at radius 1 is 1.19 bits per heavy atom. The average molecular weight is 433 g/mol. The van der Waals surface area contributed by atoms with E-state index >= 15 is 0 Å². The lowest BCUT2D eigenvalue weighted by atomic mass is 10.1. The topological polar surface area (TPSA) is 81.4 Å². The molecule has 0 saturated carbocycles. The molecular weight excluding hydrogens is 412 g/mol. The van der Waals surface area contributed by atoms with E-state index < -0.39 is 5.63 Å². The van der Waals surface area contributed by atoms with Crippen LogP contribution in [0.3, 0.4) is 0 Å². The maximum atomic E-state index is 12.3. The first kappa shape index (κ1) is 20.6. The number of ether oxygens (including phenoxy) is 1. The highest BCUT2D eigenvalue weighted by molar-refractivity contribution is 7.09. The van der Waals surface area contributed by atoms with Crippen LogP contribution in [0.25, 0.3) is 17.0 Å². The number of aryl methyl sites for hydroxylation is 2. The third-order valence-corrected chi connectivity index (χ3v) is 5.38. The second-order valence-corrected chi connectivity index (χ2v) is 8.06. The molecule has 2 aromatic carbocycles. The number of rotatable bonds is 6. The van der Waals surface area contributed by atoms with E-state index in [0.717, 1.165) is 27.2 Å². The lowest BCUT2D eigenvalue weighted by Gasteiger charge is -2.06. The van der Waals surface area contributed by atoms with Gasteiger partial charge in [-0.25, -0.2) is 9.78 Å². The van der Waals surface area contributed by atoms with Gasteiger partial charge in [0.05, 0.1) is 10.7 Å². The monoisotopic (exact) mass is 432 g/mol. The summed E-state index contributed by atoms with van der Waals surface area (Å²) in [5.74, 6) is 0.409. The highest BCUT2D eigenvalue weighted by atomic mass is 32.1. The standard InChI is InChI=1S/C24H20N2O4S/c1-15-10-24(28)30-22-12-18(7-8-21(15)22)26-23(27)9-6-17-4-3-5-20(11-17)29-13-19-14-31-16(2)25-19/h3-12,14H,13H2,1-2H3,(H,26,27)/b9-6+. The predicted octanol–water partition coefficient (Wildman–Crippen LogP) is 5.10. The van der Waals surface area contributed by atoms with Crippen molar-refractivity contribution in [1.82, 2.24) is 4.98 Å². The summed E-state index contributed by atoms with van der Waals surface area (Å²) in [6.07, 6.45) is 3.15. The van der Waals surface area contributed by atoms with Gasteiger partial charge in [0.1, 0.15) is 17.9 Å². The van der Waals surface area contributed by atoms with E-state index in [4.69, 9.17) is 9.15 Å². The number of hydrogen-bond donors (Lipinski definition) is 1. The van der Waals surface area contributed by atoms with E-state index in [9.17, 15) is 9.59 Å². The summed E-state index contributed by atoms with van der Waals surface area (Å²) < 4.78 is 11.0. The van der Waals surface area contributed by atoms with Crippen LogP contribution in [0.5, 0.6) is 5.75 Å². The SMILES string of the molecule is Cc1nc(COc2cccc(/C=C/C(=O)Nc3ccc4c(C)cc(=O)oc4c3)c2)cs1. The molecule has 7 heteroatoms. The fourth-order valence-electron chi connectivity index (χ4n) is 3.10. The van der Waals surface area contributed by atoms with Crippen molar-refractivity contribution in [3.8, 4) is 5.75 Å². The normalized spacial score (nSPS) is 11.2. The Bertz CT molecular complexity index is 1340. The smallest absolute Gasteiger partial charge is 0.336 e. The van der Waals surface area contributed by atoms with Crippen LogP contribution in [-0.2, 0) is 11.4 Å². The molecule has 156 valence electrons. The van der Waals surface area contributed by atoms with Gasteiger partial charge in [-0.05, 0) is 55.3 Å². The van der Waals surface area contributed by atoms with Gasteiger partial charge in [0.15, 0.2) is 0 Å². The Morgan fingerprint density at radius 2 is 2.06 bits per heavy atom. The average Bonchev–Trinajstić information content (AvgIpc) is 3.16. The number of carbonyl (C=O) groups is 1. The van der Waals surface area contributed by atoms with Gasteiger partial charge in [0.25, 0.3) is 0 Å². The van der Waals surface area contributed by atoms with Crippen LogP contribution in [0.4, 0.5) is 5.69 Å². The number of benzene rings is 2. The Balaban J connectivity index is 1.41. The number of anilines is 1. The van der Waals surface area contributed by atoms with Crippen LogP contribution >= 0.6 is 11.3 Å². The second-order valence-electron chi connectivity index (χ2n) is 7.00. The van der Waals surface area contributed by atoms with Crippen LogP contribution in [0.1, 0.15) is 21.8 Å². The first-order chi connectivity index (χ1) is 15.0. The molecule has 0 fully saturated rings. The van der Waals surface area contributed by atoms with Crippen LogP contribution < -0.4 is 15.7 Å². The Labute approximate surface area is 182 Å². The molecule has 0 saturated heterocycles. The first-order valence-corrected chi connectivity index (χ1v) is 10.5. The fraction of sp³-hybridized carbons (Fsp3) is 0.125. The zero-order chi connectivity index (χ0) is 21.8. The summed E-state index contributed by atoms with van der Waals surface area (Å²) in [4.78, 5) is 28.3. The highest BCUT2D eigenvalue weighted by Gasteiger charge is 2.05. The van der Waals surface area contributed by atoms with Gasteiger partial charge in [-0.3, -0.25) is 4.79 Å². The molecule has 0 radical (unpaired) electrons. The largest absolute Gasteiger partial charge is 0.487 e. The van der Waals surface area contributed by atoms with Gasteiger partial charge >= 0.3 is 5.63 Å². The summed E-state index contributed by atoms with van der Waals surface area (Å²) in [6.45, 7) is 4.20. The Morgan fingerprint density at radius 3 is 2.87 bits per heavy atom. The molecule has 0 aliphatic heterocycles. The zero-order valence-corrected chi connectivity index (χ0v) is 17.9. The molecule has 6 nitrogen and oxygen atoms in total. The molecule has 0 spiro atoms. The molecule has 0 aliphatic rings. The molecule has 4 rings (SSSR count). The van der Waals surface area contributed by atoms with Crippen molar-refractivity contribution in [3.05, 3.63) is 92.2 Å². The number of fused-ring (bicyclic) bond motifs is 1. The second kappa shape index (κ2) is 8.97. The minimum atomic E-state index is -0.416. The summed E-state index contributed by atoms with van der Waals surface area (Å²) in [6, 6.07) is 14.2. The Kier molecular flexibility index (Phi) is 5.95. The van der Waals surface area contributed by atoms with E-state index in [2.05, 4.69) is 10.3 Å². The van der Waals surface area contributed by atoms with Gasteiger partial charge in [0, 0.05) is 34.7 Å². The van der Waals surface area contributed by atoms with Crippen molar-refractivity contribution in [1.29, 1.82) is 0 Å². The number of thiazole rings is 1. The van der Waals surface area contributed by atoms with Gasteiger partial charge in [0.2, 0.25) is 5.91 Å². The van der Waals surface area contributed by atoms with Crippen molar-refractivity contribution >= 4 is 40.0 Å². The number of nitrogens with zero attached hydrogens (tertiary/aromatic N) is 1. The third-order valence-electron chi connectivity index (χ3n) is 4.56. The summed E-state index contributed by atoms with van der Waals surface area (Å²) in [7, 11) is 0. The lowest BCUT2D eigenvalue weighted by molar-refractivity contribution is -0.111. The van der Waals surface area contributed by atoms with Crippen molar-refractivity contribution in [2.24, 2.45) is 0 Å². The van der Waals surface area contributed by atoms with Crippen LogP contribution in [-0.4, -0.2) is 10.9 Å². The highest BCUT2D eigenvalue weighted by Crippen LogP contribution is 2.21. The van der Waals surface area contributed by atoms with E-state index in [1.54, 1.807) is 29.5 Å². The number of nitrogens with one attached hydrogen (secondary N) is 1. The third kappa shape index (κ3) is 5.26. The molecule has 1 N–H and O–H groups in total. The maximum Gasteiger partial charge on any atom is 0.336 e. The summed E-state index contributed by atoms with van der Waals surface area (Å²) in [5.41, 5.74) is 3.13. The number of aromatic nitrogens is 1. The lowest BCUT2D eigenvalue weighted by Crippen LogP contribution is -2.08. The van der Waals surface area contributed by atoms with Gasteiger partial charge in [-0.15, -0.1) is 11.3 Å². The molecule has 4 aromatic rings. The van der Waals surface area contributed by atoms with E-state index in [0.29, 0.717) is 23.6 Å². The molecule has 0 atom stereocenters. The minimum absolute atomic E-state index is 0.293. The summed E-state index contributed by atoms with van der Waals surface area (Å²) in [5, 5.41) is 6.59. The maximum absolute atomic E-state index is 12.3. The van der Waals surface area contributed by atoms with Gasteiger partial charge in [-0.1, -0.05) is 12.1 Å². The molecular formula is C24H20N2O4S. The number of carbonyl (C=O) groups excluding carboxylic acids is 1. The summed E-state index contributed by atoms with van der Waals surface area (Å²) >= 11 is 1.59. The Hall–Kier alpha value is -3.71. The van der Waals surface area contributed by atoms with Crippen molar-refractivity contribution in [2.45, 2.75) is 20.5 Å². The van der Waals surface area contributed by atoms with Crippen LogP contribution in [0.2, 0.25) is 0 Å². The molecule has 1 amide bonds. The molecule has 0 aliphatic carbocycles. The van der Waals surface area contributed by atoms with E-state index in [1.807, 2.05) is 49.6 Å². The molecule has 2 aromatic heterocycles. The molecule has 2 heterocycles. The molecule has 0 unspecified atom stereocenters. The van der Waals surface area contributed by atoms with E-state index in [-0.39, 0.29) is 5.91 Å². The molecule has 0 bridgehead atoms. The zero-order valence-electron chi connectivity index (χ0n) is 17.0. The van der Waals surface area contributed by atoms with Gasteiger partial charge in [-0.2, -0.15) is 0 Å². The van der Waals surface area contributed by atoms with Gasteiger partial charge < -0.3 is 14.5 Å². The minimum Gasteiger partial charge on any atom is -0.487 e. The van der Waals surface area contributed by atoms with Crippen LogP contribution in [0.15, 0.2) is 69.2 Å². The van der Waals surface area contributed by atoms with Crippen molar-refractivity contribution in [3.63, 3.8) is 0 Å². The quantitative estimate of drug-likeness (QED) is 0.339. The van der Waals surface area contributed by atoms with E-state index in [1.165, 1.54) is 12.1 Å². The van der Waals surface area contributed by atoms with Crippen LogP contribution in [0, 0.1) is 13.8 Å².